The Hall–Kier alpha value is -0.650. The molecule has 0 spiro atoms. The van der Waals surface area contributed by atoms with Crippen molar-refractivity contribution in [3.8, 4) is 0 Å². The quantitative estimate of drug-likeness (QED) is 0.717. The molecule has 2 rings (SSSR count). The average molecular weight is 244 g/mol. The molecule has 2 aliphatic heterocycles. The Balaban J connectivity index is 0.000000437. The van der Waals surface area contributed by atoms with Crippen LogP contribution in [0.5, 0.6) is 0 Å². The Morgan fingerprint density at radius 1 is 1.29 bits per heavy atom. The Morgan fingerprint density at radius 3 is 2.35 bits per heavy atom. The largest absolute Gasteiger partial charge is 0.483 e. The molecule has 1 N–H and O–H groups in total. The van der Waals surface area contributed by atoms with Gasteiger partial charge < -0.3 is 9.84 Å². The Labute approximate surface area is 103 Å². The lowest BCUT2D eigenvalue weighted by Crippen LogP contribution is -2.45. The molecule has 0 saturated carbocycles. The molecule has 1 atom stereocenters. The van der Waals surface area contributed by atoms with Gasteiger partial charge in [0.2, 0.25) is 0 Å². The van der Waals surface area contributed by atoms with Crippen molar-refractivity contribution in [2.75, 3.05) is 39.4 Å². The first-order chi connectivity index (χ1) is 8.19. The Bertz CT molecular complexity index is 218. The fraction of sp³-hybridized carbons (Fsp3) is 0.917. The minimum Gasteiger partial charge on any atom is -0.483 e. The molecule has 5 nitrogen and oxygen atoms in total. The summed E-state index contributed by atoms with van der Waals surface area (Å²) in [7, 11) is 0. The van der Waals surface area contributed by atoms with E-state index >= 15 is 0 Å². The molecule has 0 aliphatic carbocycles. The fourth-order valence-electron chi connectivity index (χ4n) is 2.48. The van der Waals surface area contributed by atoms with Gasteiger partial charge in [0.1, 0.15) is 0 Å². The molecule has 1 unspecified atom stereocenters. The molecule has 0 amide bonds. The van der Waals surface area contributed by atoms with Crippen molar-refractivity contribution in [3.05, 3.63) is 0 Å². The third kappa shape index (κ3) is 4.61. The van der Waals surface area contributed by atoms with E-state index in [1.54, 1.807) is 0 Å². The normalized spacial score (nSPS) is 26.6. The van der Waals surface area contributed by atoms with E-state index in [-0.39, 0.29) is 6.47 Å². The summed E-state index contributed by atoms with van der Waals surface area (Å²) < 4.78 is 5.38. The van der Waals surface area contributed by atoms with E-state index in [1.165, 1.54) is 19.5 Å². The standard InChI is InChI=1S/C11H22N2O.CH2O2/c1-10(2)13-4-3-11(9-13)12-5-7-14-8-6-12;2-1-3/h10-11H,3-9H2,1-2H3;1H,(H,2,3). The van der Waals surface area contributed by atoms with Gasteiger partial charge in [-0.05, 0) is 20.3 Å². The highest BCUT2D eigenvalue weighted by Gasteiger charge is 2.29. The second kappa shape index (κ2) is 7.63. The molecule has 2 aliphatic rings. The fourth-order valence-corrected chi connectivity index (χ4v) is 2.48. The van der Waals surface area contributed by atoms with Gasteiger partial charge >= 0.3 is 0 Å². The molecular weight excluding hydrogens is 220 g/mol. The van der Waals surface area contributed by atoms with Gasteiger partial charge in [0.25, 0.3) is 6.47 Å². The van der Waals surface area contributed by atoms with E-state index < -0.39 is 0 Å². The molecule has 17 heavy (non-hydrogen) atoms. The van der Waals surface area contributed by atoms with Crippen molar-refractivity contribution in [1.29, 1.82) is 0 Å². The predicted molar refractivity (Wildman–Crippen MR) is 66.2 cm³/mol. The number of hydrogen-bond donors (Lipinski definition) is 1. The van der Waals surface area contributed by atoms with Crippen molar-refractivity contribution >= 4 is 6.47 Å². The molecule has 0 aromatic rings. The Kier molecular flexibility index (Phi) is 6.47. The van der Waals surface area contributed by atoms with Crippen LogP contribution in [0.15, 0.2) is 0 Å². The zero-order chi connectivity index (χ0) is 12.7. The van der Waals surface area contributed by atoms with E-state index in [0.29, 0.717) is 6.04 Å². The molecule has 5 heteroatoms. The van der Waals surface area contributed by atoms with E-state index in [9.17, 15) is 0 Å². The van der Waals surface area contributed by atoms with Crippen LogP contribution in [-0.2, 0) is 9.53 Å². The molecule has 0 radical (unpaired) electrons. The summed E-state index contributed by atoms with van der Waals surface area (Å²) in [5, 5.41) is 6.89. The van der Waals surface area contributed by atoms with Crippen molar-refractivity contribution < 1.29 is 14.6 Å². The third-order valence-electron chi connectivity index (χ3n) is 3.49. The van der Waals surface area contributed by atoms with Gasteiger partial charge in [0.15, 0.2) is 0 Å². The first-order valence-corrected chi connectivity index (χ1v) is 6.32. The van der Waals surface area contributed by atoms with Crippen LogP contribution in [0.3, 0.4) is 0 Å². The van der Waals surface area contributed by atoms with Crippen LogP contribution < -0.4 is 0 Å². The summed E-state index contributed by atoms with van der Waals surface area (Å²) in [6.45, 7) is 11.0. The smallest absolute Gasteiger partial charge is 0.290 e. The van der Waals surface area contributed by atoms with Gasteiger partial charge in [0.05, 0.1) is 13.2 Å². The topological polar surface area (TPSA) is 53.0 Å². The second-order valence-electron chi connectivity index (χ2n) is 4.78. The molecular formula is C12H24N2O3. The number of morpholine rings is 1. The minimum absolute atomic E-state index is 0.250. The lowest BCUT2D eigenvalue weighted by atomic mass is 10.2. The summed E-state index contributed by atoms with van der Waals surface area (Å²) in [5.41, 5.74) is 0. The van der Waals surface area contributed by atoms with Crippen LogP contribution in [0.1, 0.15) is 20.3 Å². The van der Waals surface area contributed by atoms with Gasteiger partial charge in [0, 0.05) is 38.3 Å². The maximum absolute atomic E-state index is 8.36. The first kappa shape index (κ1) is 14.4. The van der Waals surface area contributed by atoms with Crippen LogP contribution >= 0.6 is 0 Å². The molecule has 2 heterocycles. The number of likely N-dealkylation sites (tertiary alicyclic amines) is 1. The average Bonchev–Trinajstić information content (AvgIpc) is 2.80. The molecule has 2 saturated heterocycles. The van der Waals surface area contributed by atoms with E-state index in [4.69, 9.17) is 14.6 Å². The highest BCUT2D eigenvalue weighted by molar-refractivity contribution is 5.32. The zero-order valence-corrected chi connectivity index (χ0v) is 10.8. The van der Waals surface area contributed by atoms with Crippen LogP contribution in [0, 0.1) is 0 Å². The van der Waals surface area contributed by atoms with Gasteiger partial charge in [-0.1, -0.05) is 0 Å². The summed E-state index contributed by atoms with van der Waals surface area (Å²) in [6.07, 6.45) is 1.35. The first-order valence-electron chi connectivity index (χ1n) is 6.32. The lowest BCUT2D eigenvalue weighted by Gasteiger charge is -2.32. The third-order valence-corrected chi connectivity index (χ3v) is 3.49. The molecule has 0 aromatic heterocycles. The summed E-state index contributed by atoms with van der Waals surface area (Å²) in [6, 6.07) is 1.50. The number of carboxylic acid groups (broad SMARTS) is 1. The number of rotatable bonds is 2. The number of ether oxygens (including phenoxy) is 1. The van der Waals surface area contributed by atoms with Gasteiger partial charge in [-0.15, -0.1) is 0 Å². The summed E-state index contributed by atoms with van der Waals surface area (Å²) >= 11 is 0. The molecule has 2 fully saturated rings. The van der Waals surface area contributed by atoms with Crippen LogP contribution in [0.25, 0.3) is 0 Å². The van der Waals surface area contributed by atoms with Crippen molar-refractivity contribution in [3.63, 3.8) is 0 Å². The van der Waals surface area contributed by atoms with Gasteiger partial charge in [-0.3, -0.25) is 14.6 Å². The number of hydrogen-bond acceptors (Lipinski definition) is 4. The highest BCUT2D eigenvalue weighted by Crippen LogP contribution is 2.18. The highest BCUT2D eigenvalue weighted by atomic mass is 16.5. The van der Waals surface area contributed by atoms with Crippen molar-refractivity contribution in [1.82, 2.24) is 9.80 Å². The monoisotopic (exact) mass is 244 g/mol. The second-order valence-corrected chi connectivity index (χ2v) is 4.78. The van der Waals surface area contributed by atoms with Crippen molar-refractivity contribution in [2.45, 2.75) is 32.4 Å². The zero-order valence-electron chi connectivity index (χ0n) is 10.8. The molecule has 0 aromatic carbocycles. The predicted octanol–water partition coefficient (Wildman–Crippen LogP) is 0.502. The molecule has 100 valence electrons. The van der Waals surface area contributed by atoms with Crippen LogP contribution in [-0.4, -0.2) is 72.9 Å². The lowest BCUT2D eigenvalue weighted by molar-refractivity contribution is -0.122. The maximum Gasteiger partial charge on any atom is 0.290 e. The number of nitrogens with zero attached hydrogens (tertiary/aromatic N) is 2. The van der Waals surface area contributed by atoms with Crippen LogP contribution in [0.2, 0.25) is 0 Å². The van der Waals surface area contributed by atoms with E-state index in [1.807, 2.05) is 0 Å². The summed E-state index contributed by atoms with van der Waals surface area (Å²) in [4.78, 5) is 13.5. The van der Waals surface area contributed by atoms with Crippen molar-refractivity contribution in [2.24, 2.45) is 0 Å². The maximum atomic E-state index is 8.36. The molecule has 0 bridgehead atoms. The summed E-state index contributed by atoms with van der Waals surface area (Å²) in [5.74, 6) is 0. The van der Waals surface area contributed by atoms with E-state index in [2.05, 4.69) is 23.6 Å². The SMILES string of the molecule is CC(C)N1CCC(N2CCOCC2)C1.O=CO. The number of carbonyl (C=O) groups is 1. The van der Waals surface area contributed by atoms with E-state index in [0.717, 1.165) is 32.3 Å². The minimum atomic E-state index is -0.250. The van der Waals surface area contributed by atoms with Crippen LogP contribution in [0.4, 0.5) is 0 Å². The Morgan fingerprint density at radius 2 is 1.88 bits per heavy atom. The van der Waals surface area contributed by atoms with Gasteiger partial charge in [-0.2, -0.15) is 0 Å². The van der Waals surface area contributed by atoms with Gasteiger partial charge in [-0.25, -0.2) is 0 Å².